The first-order valence-corrected chi connectivity index (χ1v) is 7.36. The minimum Gasteiger partial charge on any atom is -0.478 e. The number of carbonyl (C=O) groups excluding carboxylic acids is 1. The predicted molar refractivity (Wildman–Crippen MR) is 81.9 cm³/mol. The molecule has 0 aliphatic carbocycles. The van der Waals surface area contributed by atoms with Crippen LogP contribution in [0.25, 0.3) is 0 Å². The van der Waals surface area contributed by atoms with Gasteiger partial charge < -0.3 is 16.2 Å². The minimum atomic E-state index is -1.07. The molecule has 1 aromatic rings. The van der Waals surface area contributed by atoms with E-state index in [0.29, 0.717) is 23.1 Å². The second-order valence-corrected chi connectivity index (χ2v) is 5.41. The van der Waals surface area contributed by atoms with Gasteiger partial charge in [0.15, 0.2) is 0 Å². The maximum absolute atomic E-state index is 11.8. The van der Waals surface area contributed by atoms with E-state index in [1.165, 1.54) is 6.07 Å². The van der Waals surface area contributed by atoms with Crippen LogP contribution in [-0.4, -0.2) is 23.5 Å². The summed E-state index contributed by atoms with van der Waals surface area (Å²) in [6, 6.07) is 4.75. The van der Waals surface area contributed by atoms with E-state index in [-0.39, 0.29) is 11.5 Å². The third-order valence-corrected chi connectivity index (χ3v) is 3.34. The Morgan fingerprint density at radius 3 is 2.55 bits per heavy atom. The molecule has 0 saturated carbocycles. The van der Waals surface area contributed by atoms with E-state index in [9.17, 15) is 9.59 Å². The Morgan fingerprint density at radius 2 is 1.90 bits per heavy atom. The van der Waals surface area contributed by atoms with E-state index in [1.807, 2.05) is 0 Å². The van der Waals surface area contributed by atoms with Crippen LogP contribution in [0.3, 0.4) is 0 Å². The largest absolute Gasteiger partial charge is 0.478 e. The van der Waals surface area contributed by atoms with E-state index < -0.39 is 5.97 Å². The molecule has 0 aliphatic heterocycles. The van der Waals surface area contributed by atoms with E-state index in [2.05, 4.69) is 21.2 Å². The number of halogens is 1. The van der Waals surface area contributed by atoms with Gasteiger partial charge in [-0.25, -0.2) is 4.79 Å². The number of hydrogen-bond donors (Lipinski definition) is 3. The van der Waals surface area contributed by atoms with Gasteiger partial charge in [-0.1, -0.05) is 28.8 Å². The van der Waals surface area contributed by atoms with Crippen LogP contribution in [0.1, 0.15) is 42.5 Å². The third-order valence-electron chi connectivity index (χ3n) is 2.84. The molecule has 0 bridgehead atoms. The quantitative estimate of drug-likeness (QED) is 0.633. The van der Waals surface area contributed by atoms with Gasteiger partial charge >= 0.3 is 5.97 Å². The van der Waals surface area contributed by atoms with Crippen LogP contribution >= 0.6 is 15.9 Å². The number of carboxylic acid groups (broad SMARTS) is 1. The van der Waals surface area contributed by atoms with Crippen molar-refractivity contribution in [2.75, 3.05) is 11.9 Å². The number of anilines is 1. The van der Waals surface area contributed by atoms with Gasteiger partial charge in [-0.15, -0.1) is 0 Å². The van der Waals surface area contributed by atoms with E-state index >= 15 is 0 Å². The molecule has 0 aromatic heterocycles. The van der Waals surface area contributed by atoms with Crippen LogP contribution in [-0.2, 0) is 4.79 Å². The first kappa shape index (κ1) is 16.7. The lowest BCUT2D eigenvalue weighted by molar-refractivity contribution is -0.116. The van der Waals surface area contributed by atoms with Gasteiger partial charge in [-0.05, 0) is 37.6 Å². The van der Waals surface area contributed by atoms with Crippen molar-refractivity contribution in [3.8, 4) is 0 Å². The Balaban J connectivity index is 2.51. The van der Waals surface area contributed by atoms with Crippen molar-refractivity contribution < 1.29 is 14.7 Å². The standard InChI is InChI=1S/C14H19BrN2O3/c15-10-6-7-12(11(9-10)14(19)20)17-13(18)5-3-1-2-4-8-16/h6-7,9H,1-5,8,16H2,(H,17,18)(H,19,20). The van der Waals surface area contributed by atoms with Gasteiger partial charge in [0.05, 0.1) is 11.3 Å². The molecule has 1 rings (SSSR count). The molecule has 1 amide bonds. The number of nitrogens with one attached hydrogen (secondary N) is 1. The highest BCUT2D eigenvalue weighted by molar-refractivity contribution is 9.10. The van der Waals surface area contributed by atoms with Gasteiger partial charge in [0, 0.05) is 10.9 Å². The summed E-state index contributed by atoms with van der Waals surface area (Å²) in [6.07, 6.45) is 4.11. The molecule has 6 heteroatoms. The van der Waals surface area contributed by atoms with Crippen molar-refractivity contribution in [1.82, 2.24) is 0 Å². The van der Waals surface area contributed by atoms with Crippen molar-refractivity contribution in [2.45, 2.75) is 32.1 Å². The molecule has 1 aromatic carbocycles. The Kier molecular flexibility index (Phi) is 7.25. The van der Waals surface area contributed by atoms with Gasteiger partial charge in [0.25, 0.3) is 0 Å². The molecule has 0 heterocycles. The number of benzene rings is 1. The van der Waals surface area contributed by atoms with Crippen LogP contribution < -0.4 is 11.1 Å². The predicted octanol–water partition coefficient (Wildman–Crippen LogP) is 3.00. The molecule has 0 fully saturated rings. The molecule has 0 unspecified atom stereocenters. The van der Waals surface area contributed by atoms with Gasteiger partial charge in [-0.2, -0.15) is 0 Å². The van der Waals surface area contributed by atoms with Crippen LogP contribution in [0.4, 0.5) is 5.69 Å². The highest BCUT2D eigenvalue weighted by Crippen LogP contribution is 2.21. The normalized spacial score (nSPS) is 10.3. The maximum Gasteiger partial charge on any atom is 0.337 e. The Labute approximate surface area is 126 Å². The molecule has 0 atom stereocenters. The number of carboxylic acids is 1. The molecule has 20 heavy (non-hydrogen) atoms. The minimum absolute atomic E-state index is 0.0795. The molecule has 4 N–H and O–H groups in total. The van der Waals surface area contributed by atoms with E-state index in [4.69, 9.17) is 10.8 Å². The maximum atomic E-state index is 11.8. The van der Waals surface area contributed by atoms with Crippen LogP contribution in [0.5, 0.6) is 0 Å². The van der Waals surface area contributed by atoms with Crippen molar-refractivity contribution >= 4 is 33.5 Å². The molecular formula is C14H19BrN2O3. The summed E-state index contributed by atoms with van der Waals surface area (Å²) < 4.78 is 0.662. The SMILES string of the molecule is NCCCCCCC(=O)Nc1ccc(Br)cc1C(=O)O. The number of unbranched alkanes of at least 4 members (excludes halogenated alkanes) is 3. The van der Waals surface area contributed by atoms with Gasteiger partial charge in [-0.3, -0.25) is 4.79 Å². The fourth-order valence-corrected chi connectivity index (χ4v) is 2.16. The molecular weight excluding hydrogens is 324 g/mol. The Bertz CT molecular complexity index is 477. The zero-order valence-corrected chi connectivity index (χ0v) is 12.8. The number of rotatable bonds is 8. The van der Waals surface area contributed by atoms with Crippen molar-refractivity contribution in [1.29, 1.82) is 0 Å². The number of aromatic carboxylic acids is 1. The summed E-state index contributed by atoms with van der Waals surface area (Å²) in [7, 11) is 0. The lowest BCUT2D eigenvalue weighted by Gasteiger charge is -2.09. The Morgan fingerprint density at radius 1 is 1.20 bits per heavy atom. The van der Waals surface area contributed by atoms with Crippen LogP contribution in [0, 0.1) is 0 Å². The smallest absolute Gasteiger partial charge is 0.337 e. The number of hydrogen-bond acceptors (Lipinski definition) is 3. The number of carbonyl (C=O) groups is 2. The van der Waals surface area contributed by atoms with Crippen molar-refractivity contribution in [3.05, 3.63) is 28.2 Å². The molecule has 0 saturated heterocycles. The number of amides is 1. The topological polar surface area (TPSA) is 92.4 Å². The summed E-state index contributed by atoms with van der Waals surface area (Å²) in [5.41, 5.74) is 5.80. The first-order chi connectivity index (χ1) is 9.54. The van der Waals surface area contributed by atoms with Crippen LogP contribution in [0.2, 0.25) is 0 Å². The highest BCUT2D eigenvalue weighted by Gasteiger charge is 2.12. The molecule has 5 nitrogen and oxygen atoms in total. The zero-order chi connectivity index (χ0) is 15.0. The van der Waals surface area contributed by atoms with Crippen LogP contribution in [0.15, 0.2) is 22.7 Å². The molecule has 0 radical (unpaired) electrons. The fraction of sp³-hybridized carbons (Fsp3) is 0.429. The average Bonchev–Trinajstić information content (AvgIpc) is 2.40. The van der Waals surface area contributed by atoms with Crippen molar-refractivity contribution in [2.24, 2.45) is 5.73 Å². The van der Waals surface area contributed by atoms with E-state index in [0.717, 1.165) is 25.7 Å². The molecule has 0 spiro atoms. The summed E-state index contributed by atoms with van der Waals surface area (Å²) >= 11 is 3.21. The van der Waals surface area contributed by atoms with Gasteiger partial charge in [0.1, 0.15) is 0 Å². The molecule has 0 aliphatic rings. The van der Waals surface area contributed by atoms with Gasteiger partial charge in [0.2, 0.25) is 5.91 Å². The van der Waals surface area contributed by atoms with E-state index in [1.54, 1.807) is 12.1 Å². The fourth-order valence-electron chi connectivity index (χ4n) is 1.80. The second-order valence-electron chi connectivity index (χ2n) is 4.50. The lowest BCUT2D eigenvalue weighted by Crippen LogP contribution is -2.14. The monoisotopic (exact) mass is 342 g/mol. The zero-order valence-electron chi connectivity index (χ0n) is 11.2. The Hall–Kier alpha value is -1.40. The summed E-state index contributed by atoms with van der Waals surface area (Å²) in [4.78, 5) is 22.9. The summed E-state index contributed by atoms with van der Waals surface area (Å²) in [6.45, 7) is 0.674. The average molecular weight is 343 g/mol. The highest BCUT2D eigenvalue weighted by atomic mass is 79.9. The summed E-state index contributed by atoms with van der Waals surface area (Å²) in [5.74, 6) is -1.23. The molecule has 110 valence electrons. The first-order valence-electron chi connectivity index (χ1n) is 6.57. The third kappa shape index (κ3) is 5.71. The van der Waals surface area contributed by atoms with Crippen molar-refractivity contribution in [3.63, 3.8) is 0 Å². The second kappa shape index (κ2) is 8.71. The lowest BCUT2D eigenvalue weighted by atomic mass is 10.1. The number of nitrogens with two attached hydrogens (primary N) is 1. The summed E-state index contributed by atoms with van der Waals surface area (Å²) in [5, 5.41) is 11.7.